The Morgan fingerprint density at radius 2 is 1.93 bits per heavy atom. The summed E-state index contributed by atoms with van der Waals surface area (Å²) in [6, 6.07) is 13.0. The molecule has 3 aromatic rings. The fourth-order valence-electron chi connectivity index (χ4n) is 3.77. The van der Waals surface area contributed by atoms with Crippen molar-refractivity contribution in [1.29, 1.82) is 0 Å². The van der Waals surface area contributed by atoms with Gasteiger partial charge >= 0.3 is 0 Å². The average molecular weight is 423 g/mol. The first kappa shape index (κ1) is 20.3. The van der Waals surface area contributed by atoms with E-state index in [-0.39, 0.29) is 12.2 Å². The van der Waals surface area contributed by atoms with Crippen molar-refractivity contribution in [3.8, 4) is 11.4 Å². The van der Waals surface area contributed by atoms with Crippen LogP contribution in [0.25, 0.3) is 5.69 Å². The van der Waals surface area contributed by atoms with E-state index in [1.165, 1.54) is 0 Å². The fourth-order valence-corrected chi connectivity index (χ4v) is 3.90. The van der Waals surface area contributed by atoms with Gasteiger partial charge in [0.1, 0.15) is 23.4 Å². The van der Waals surface area contributed by atoms with Crippen LogP contribution in [0.5, 0.6) is 5.75 Å². The molecule has 1 aliphatic heterocycles. The SMILES string of the molecule is CCCC(=O)CC1N=C(c2ccc(Cl)cc2)c2cc(OC)ccc2-n2c(C)nnc21. The van der Waals surface area contributed by atoms with Crippen molar-refractivity contribution in [2.24, 2.45) is 4.99 Å². The summed E-state index contributed by atoms with van der Waals surface area (Å²) in [5, 5.41) is 9.33. The van der Waals surface area contributed by atoms with Gasteiger partial charge in [0.25, 0.3) is 0 Å². The van der Waals surface area contributed by atoms with Gasteiger partial charge in [-0.15, -0.1) is 10.2 Å². The van der Waals surface area contributed by atoms with Crippen LogP contribution in [0, 0.1) is 6.92 Å². The maximum absolute atomic E-state index is 12.5. The Bertz CT molecular complexity index is 1120. The number of methoxy groups -OCH3 is 1. The number of hydrogen-bond donors (Lipinski definition) is 0. The molecule has 0 saturated heterocycles. The highest BCUT2D eigenvalue weighted by Crippen LogP contribution is 2.34. The largest absolute Gasteiger partial charge is 0.497 e. The highest BCUT2D eigenvalue weighted by Gasteiger charge is 2.29. The summed E-state index contributed by atoms with van der Waals surface area (Å²) in [5.74, 6) is 2.31. The third-order valence-corrected chi connectivity index (χ3v) is 5.45. The Morgan fingerprint density at radius 3 is 2.63 bits per heavy atom. The molecule has 6 nitrogen and oxygen atoms in total. The number of aliphatic imine (C=N–C) groups is 1. The van der Waals surface area contributed by atoms with Crippen molar-refractivity contribution in [2.45, 2.75) is 39.2 Å². The molecule has 154 valence electrons. The van der Waals surface area contributed by atoms with Gasteiger partial charge in [0.15, 0.2) is 5.82 Å². The quantitative estimate of drug-likeness (QED) is 0.567. The van der Waals surface area contributed by atoms with Gasteiger partial charge in [0, 0.05) is 29.0 Å². The average Bonchev–Trinajstić information content (AvgIpc) is 3.06. The molecule has 0 spiro atoms. The number of hydrogen-bond acceptors (Lipinski definition) is 5. The van der Waals surface area contributed by atoms with E-state index in [0.717, 1.165) is 40.5 Å². The number of fused-ring (bicyclic) bond motifs is 3. The molecule has 0 fully saturated rings. The second-order valence-corrected chi connectivity index (χ2v) is 7.75. The maximum Gasteiger partial charge on any atom is 0.162 e. The number of carbonyl (C=O) groups is 1. The van der Waals surface area contributed by atoms with Crippen LogP contribution in [0.1, 0.15) is 55.0 Å². The molecule has 1 unspecified atom stereocenters. The molecule has 1 aliphatic rings. The Hall–Kier alpha value is -2.99. The predicted octanol–water partition coefficient (Wildman–Crippen LogP) is 4.89. The molecule has 0 N–H and O–H groups in total. The molecule has 7 heteroatoms. The number of benzene rings is 2. The van der Waals surface area contributed by atoms with Gasteiger partial charge in [0.05, 0.1) is 18.5 Å². The molecule has 0 amide bonds. The first-order chi connectivity index (χ1) is 14.5. The van der Waals surface area contributed by atoms with Crippen LogP contribution in [0.15, 0.2) is 47.5 Å². The van der Waals surface area contributed by atoms with Crippen LogP contribution in [-0.2, 0) is 4.79 Å². The highest BCUT2D eigenvalue weighted by atomic mass is 35.5. The van der Waals surface area contributed by atoms with E-state index in [2.05, 4.69) is 10.2 Å². The molecule has 30 heavy (non-hydrogen) atoms. The molecular weight excluding hydrogens is 400 g/mol. The summed E-state index contributed by atoms with van der Waals surface area (Å²) >= 11 is 6.11. The van der Waals surface area contributed by atoms with Crippen LogP contribution < -0.4 is 4.74 Å². The minimum absolute atomic E-state index is 0.164. The molecule has 0 bridgehead atoms. The summed E-state index contributed by atoms with van der Waals surface area (Å²) in [6.45, 7) is 3.91. The van der Waals surface area contributed by atoms with Crippen LogP contribution in [0.2, 0.25) is 5.02 Å². The van der Waals surface area contributed by atoms with Crippen molar-refractivity contribution in [3.63, 3.8) is 0 Å². The number of Topliss-reactive ketones (excluding diaryl/α,β-unsaturated/α-hetero) is 1. The summed E-state index contributed by atoms with van der Waals surface area (Å²) in [4.78, 5) is 17.6. The smallest absolute Gasteiger partial charge is 0.162 e. The number of ketones is 1. The number of carbonyl (C=O) groups excluding carboxylic acids is 1. The number of rotatable bonds is 6. The van der Waals surface area contributed by atoms with Gasteiger partial charge in [-0.2, -0.15) is 0 Å². The third kappa shape index (κ3) is 3.75. The Balaban J connectivity index is 1.96. The van der Waals surface area contributed by atoms with E-state index in [4.69, 9.17) is 21.3 Å². The summed E-state index contributed by atoms with van der Waals surface area (Å²) in [5.41, 5.74) is 3.50. The Kier molecular flexibility index (Phi) is 5.68. The zero-order valence-electron chi connectivity index (χ0n) is 17.2. The number of aromatic nitrogens is 3. The van der Waals surface area contributed by atoms with E-state index in [1.54, 1.807) is 7.11 Å². The molecule has 2 aromatic carbocycles. The van der Waals surface area contributed by atoms with E-state index >= 15 is 0 Å². The lowest BCUT2D eigenvalue weighted by Gasteiger charge is -2.14. The zero-order valence-corrected chi connectivity index (χ0v) is 18.0. The number of halogens is 1. The first-order valence-corrected chi connectivity index (χ1v) is 10.4. The number of nitrogens with zero attached hydrogens (tertiary/aromatic N) is 4. The number of ether oxygens (including phenoxy) is 1. The highest BCUT2D eigenvalue weighted by molar-refractivity contribution is 6.30. The minimum atomic E-state index is -0.422. The number of aryl methyl sites for hydroxylation is 1. The van der Waals surface area contributed by atoms with Crippen molar-refractivity contribution < 1.29 is 9.53 Å². The molecule has 0 saturated carbocycles. The summed E-state index contributed by atoms with van der Waals surface area (Å²) < 4.78 is 7.47. The summed E-state index contributed by atoms with van der Waals surface area (Å²) in [7, 11) is 1.64. The van der Waals surface area contributed by atoms with Gasteiger partial charge in [0.2, 0.25) is 0 Å². The van der Waals surface area contributed by atoms with Crippen LogP contribution in [0.3, 0.4) is 0 Å². The molecule has 2 heterocycles. The Morgan fingerprint density at radius 1 is 1.17 bits per heavy atom. The van der Waals surface area contributed by atoms with E-state index in [9.17, 15) is 4.79 Å². The Labute approximate surface area is 180 Å². The van der Waals surface area contributed by atoms with Crippen molar-refractivity contribution in [3.05, 3.63) is 70.3 Å². The van der Waals surface area contributed by atoms with Gasteiger partial charge in [-0.05, 0) is 43.7 Å². The molecule has 0 aliphatic carbocycles. The standard InChI is InChI=1S/C23H23ClN4O2/c1-4-5-17(29)12-20-23-27-26-14(2)28(23)21-11-10-18(30-3)13-19(21)22(25-20)15-6-8-16(24)9-7-15/h6-11,13,20H,4-5,12H2,1-3H3. The summed E-state index contributed by atoms with van der Waals surface area (Å²) in [6.07, 6.45) is 1.62. The predicted molar refractivity (Wildman–Crippen MR) is 117 cm³/mol. The lowest BCUT2D eigenvalue weighted by atomic mass is 9.99. The molecule has 1 atom stereocenters. The molecule has 4 rings (SSSR count). The van der Waals surface area contributed by atoms with Crippen LogP contribution in [0.4, 0.5) is 0 Å². The first-order valence-electron chi connectivity index (χ1n) is 9.98. The molecule has 1 aromatic heterocycles. The second kappa shape index (κ2) is 8.40. The van der Waals surface area contributed by atoms with Gasteiger partial charge in [-0.25, -0.2) is 0 Å². The monoisotopic (exact) mass is 422 g/mol. The minimum Gasteiger partial charge on any atom is -0.497 e. The lowest BCUT2D eigenvalue weighted by Crippen LogP contribution is -2.11. The van der Waals surface area contributed by atoms with E-state index in [0.29, 0.717) is 17.3 Å². The lowest BCUT2D eigenvalue weighted by molar-refractivity contribution is -0.119. The van der Waals surface area contributed by atoms with Crippen LogP contribution >= 0.6 is 11.6 Å². The van der Waals surface area contributed by atoms with Gasteiger partial charge < -0.3 is 4.74 Å². The molecular formula is C23H23ClN4O2. The van der Waals surface area contributed by atoms with Gasteiger partial charge in [-0.1, -0.05) is 30.7 Å². The topological polar surface area (TPSA) is 69.4 Å². The fraction of sp³-hybridized carbons (Fsp3) is 0.304. The zero-order chi connectivity index (χ0) is 21.3. The van der Waals surface area contributed by atoms with E-state index in [1.807, 2.05) is 60.9 Å². The van der Waals surface area contributed by atoms with E-state index < -0.39 is 6.04 Å². The second-order valence-electron chi connectivity index (χ2n) is 7.32. The maximum atomic E-state index is 12.5. The van der Waals surface area contributed by atoms with Crippen molar-refractivity contribution in [2.75, 3.05) is 7.11 Å². The third-order valence-electron chi connectivity index (χ3n) is 5.20. The van der Waals surface area contributed by atoms with Crippen molar-refractivity contribution >= 4 is 23.1 Å². The van der Waals surface area contributed by atoms with Crippen molar-refractivity contribution in [1.82, 2.24) is 14.8 Å². The molecule has 0 radical (unpaired) electrons. The van der Waals surface area contributed by atoms with Crippen LogP contribution in [-0.4, -0.2) is 33.4 Å². The normalized spacial score (nSPS) is 15.1. The van der Waals surface area contributed by atoms with Gasteiger partial charge in [-0.3, -0.25) is 14.4 Å².